The molecule has 0 saturated heterocycles. The van der Waals surface area contributed by atoms with Gasteiger partial charge in [0.15, 0.2) is 0 Å². The predicted octanol–water partition coefficient (Wildman–Crippen LogP) is 4.42. The third-order valence-corrected chi connectivity index (χ3v) is 4.29. The van der Waals surface area contributed by atoms with Crippen molar-refractivity contribution in [3.05, 3.63) is 59.4 Å². The van der Waals surface area contributed by atoms with Gasteiger partial charge in [-0.15, -0.1) is 0 Å². The van der Waals surface area contributed by atoms with E-state index in [0.29, 0.717) is 6.54 Å². The number of amides is 1. The largest absolute Gasteiger partial charge is 0.353 e. The molecule has 1 amide bonds. The lowest BCUT2D eigenvalue weighted by atomic mass is 10.1. The number of rotatable bonds is 7. The van der Waals surface area contributed by atoms with E-state index in [4.69, 9.17) is 0 Å². The first kappa shape index (κ1) is 17.3. The van der Waals surface area contributed by atoms with Crippen molar-refractivity contribution in [2.75, 3.05) is 0 Å². The fourth-order valence-electron chi connectivity index (χ4n) is 2.68. The number of aryl methyl sites for hydroxylation is 2. The first-order valence-corrected chi connectivity index (χ1v) is 8.53. The molecular weight excluding hydrogens is 284 g/mol. The van der Waals surface area contributed by atoms with Crippen molar-refractivity contribution in [3.63, 3.8) is 0 Å². The number of unbranched alkanes of at least 4 members (excludes halogenated alkanes) is 1. The minimum absolute atomic E-state index is 0.100. The maximum Gasteiger partial charge on any atom is 0.254 e. The van der Waals surface area contributed by atoms with Gasteiger partial charge in [-0.1, -0.05) is 25.5 Å². The third-order valence-electron chi connectivity index (χ3n) is 4.29. The van der Waals surface area contributed by atoms with Crippen molar-refractivity contribution in [2.45, 2.75) is 52.6 Å². The number of hydrogen-bond acceptors (Lipinski definition) is 1. The molecule has 0 spiro atoms. The first-order valence-electron chi connectivity index (χ1n) is 8.53. The SMILES string of the molecule is CCCCc1ccc(C(=O)N(Cc2cccn2C)C(C)C)cc1. The Morgan fingerprint density at radius 3 is 2.39 bits per heavy atom. The van der Waals surface area contributed by atoms with Gasteiger partial charge in [-0.05, 0) is 56.5 Å². The van der Waals surface area contributed by atoms with Gasteiger partial charge in [-0.3, -0.25) is 4.79 Å². The average molecular weight is 312 g/mol. The molecule has 23 heavy (non-hydrogen) atoms. The highest BCUT2D eigenvalue weighted by Gasteiger charge is 2.19. The molecule has 0 radical (unpaired) electrons. The van der Waals surface area contributed by atoms with Crippen LogP contribution in [-0.4, -0.2) is 21.4 Å². The summed E-state index contributed by atoms with van der Waals surface area (Å²) in [6.07, 6.45) is 5.49. The van der Waals surface area contributed by atoms with E-state index in [2.05, 4.69) is 43.5 Å². The molecule has 1 heterocycles. The molecule has 0 unspecified atom stereocenters. The Balaban J connectivity index is 2.12. The Morgan fingerprint density at radius 2 is 1.87 bits per heavy atom. The lowest BCUT2D eigenvalue weighted by molar-refractivity contribution is 0.0686. The number of aromatic nitrogens is 1. The van der Waals surface area contributed by atoms with Crippen molar-refractivity contribution in [1.82, 2.24) is 9.47 Å². The molecule has 0 saturated carbocycles. The Kier molecular flexibility index (Phi) is 6.03. The molecule has 0 aliphatic heterocycles. The van der Waals surface area contributed by atoms with Crippen molar-refractivity contribution in [2.24, 2.45) is 7.05 Å². The van der Waals surface area contributed by atoms with Crippen LogP contribution in [-0.2, 0) is 20.0 Å². The van der Waals surface area contributed by atoms with Crippen LogP contribution >= 0.6 is 0 Å². The second kappa shape index (κ2) is 8.00. The second-order valence-corrected chi connectivity index (χ2v) is 6.44. The van der Waals surface area contributed by atoms with Crippen LogP contribution in [0.5, 0.6) is 0 Å². The molecule has 124 valence electrons. The van der Waals surface area contributed by atoms with Gasteiger partial charge in [-0.2, -0.15) is 0 Å². The molecule has 1 aromatic carbocycles. The van der Waals surface area contributed by atoms with E-state index in [9.17, 15) is 4.79 Å². The molecular formula is C20H28N2O. The zero-order valence-electron chi connectivity index (χ0n) is 14.7. The molecule has 0 fully saturated rings. The first-order chi connectivity index (χ1) is 11.0. The molecule has 1 aromatic heterocycles. The number of hydrogen-bond donors (Lipinski definition) is 0. The van der Waals surface area contributed by atoms with Gasteiger partial charge in [-0.25, -0.2) is 0 Å². The maximum atomic E-state index is 12.9. The molecule has 2 rings (SSSR count). The van der Waals surface area contributed by atoms with Gasteiger partial charge < -0.3 is 9.47 Å². The maximum absolute atomic E-state index is 12.9. The molecule has 0 aliphatic rings. The average Bonchev–Trinajstić information content (AvgIpc) is 2.95. The van der Waals surface area contributed by atoms with E-state index in [1.807, 2.05) is 36.3 Å². The number of benzene rings is 1. The highest BCUT2D eigenvalue weighted by molar-refractivity contribution is 5.94. The van der Waals surface area contributed by atoms with Crippen molar-refractivity contribution in [3.8, 4) is 0 Å². The summed E-state index contributed by atoms with van der Waals surface area (Å²) in [5.41, 5.74) is 3.22. The van der Waals surface area contributed by atoms with Crippen LogP contribution in [0.25, 0.3) is 0 Å². The Bertz CT molecular complexity index is 625. The van der Waals surface area contributed by atoms with E-state index >= 15 is 0 Å². The summed E-state index contributed by atoms with van der Waals surface area (Å²) in [6, 6.07) is 12.4. The van der Waals surface area contributed by atoms with Crippen LogP contribution in [0.4, 0.5) is 0 Å². The molecule has 2 aromatic rings. The van der Waals surface area contributed by atoms with E-state index in [0.717, 1.165) is 17.7 Å². The Hall–Kier alpha value is -2.03. The van der Waals surface area contributed by atoms with Gasteiger partial charge in [0.2, 0.25) is 0 Å². The summed E-state index contributed by atoms with van der Waals surface area (Å²) in [4.78, 5) is 14.8. The van der Waals surface area contributed by atoms with Crippen LogP contribution in [0, 0.1) is 0 Å². The minimum Gasteiger partial charge on any atom is -0.353 e. The highest BCUT2D eigenvalue weighted by Crippen LogP contribution is 2.15. The van der Waals surface area contributed by atoms with Crippen molar-refractivity contribution < 1.29 is 4.79 Å². The smallest absolute Gasteiger partial charge is 0.254 e. The number of carbonyl (C=O) groups excluding carboxylic acids is 1. The summed E-state index contributed by atoms with van der Waals surface area (Å²) in [7, 11) is 2.01. The van der Waals surface area contributed by atoms with Gasteiger partial charge >= 0.3 is 0 Å². The van der Waals surface area contributed by atoms with Crippen LogP contribution in [0.1, 0.15) is 55.2 Å². The Morgan fingerprint density at radius 1 is 1.17 bits per heavy atom. The van der Waals surface area contributed by atoms with E-state index in [1.165, 1.54) is 18.4 Å². The lowest BCUT2D eigenvalue weighted by Gasteiger charge is -2.27. The van der Waals surface area contributed by atoms with E-state index in [1.54, 1.807) is 0 Å². The molecule has 3 nitrogen and oxygen atoms in total. The Labute approximate surface area is 139 Å². The zero-order chi connectivity index (χ0) is 16.8. The zero-order valence-corrected chi connectivity index (χ0v) is 14.7. The summed E-state index contributed by atoms with van der Waals surface area (Å²) < 4.78 is 2.07. The molecule has 0 N–H and O–H groups in total. The summed E-state index contributed by atoms with van der Waals surface area (Å²) >= 11 is 0. The summed E-state index contributed by atoms with van der Waals surface area (Å²) in [5.74, 6) is 0.100. The van der Waals surface area contributed by atoms with Gasteiger partial charge in [0.25, 0.3) is 5.91 Å². The van der Waals surface area contributed by atoms with Crippen molar-refractivity contribution >= 4 is 5.91 Å². The summed E-state index contributed by atoms with van der Waals surface area (Å²) in [6.45, 7) is 6.96. The quantitative estimate of drug-likeness (QED) is 0.743. The molecule has 0 bridgehead atoms. The van der Waals surface area contributed by atoms with Gasteiger partial charge in [0, 0.05) is 30.5 Å². The number of carbonyl (C=O) groups is 1. The highest BCUT2D eigenvalue weighted by atomic mass is 16.2. The van der Waals surface area contributed by atoms with Crippen LogP contribution < -0.4 is 0 Å². The molecule has 3 heteroatoms. The second-order valence-electron chi connectivity index (χ2n) is 6.44. The fraction of sp³-hybridized carbons (Fsp3) is 0.450. The monoisotopic (exact) mass is 312 g/mol. The fourth-order valence-corrected chi connectivity index (χ4v) is 2.68. The summed E-state index contributed by atoms with van der Waals surface area (Å²) in [5, 5.41) is 0. The van der Waals surface area contributed by atoms with E-state index < -0.39 is 0 Å². The van der Waals surface area contributed by atoms with Crippen LogP contribution in [0.15, 0.2) is 42.6 Å². The third kappa shape index (κ3) is 4.47. The lowest BCUT2D eigenvalue weighted by Crippen LogP contribution is -2.36. The van der Waals surface area contributed by atoms with Gasteiger partial charge in [0.1, 0.15) is 0 Å². The standard InChI is InChI=1S/C20H28N2O/c1-5-6-8-17-10-12-18(13-11-17)20(23)22(16(2)3)15-19-9-7-14-21(19)4/h7,9-14,16H,5-6,8,15H2,1-4H3. The van der Waals surface area contributed by atoms with Crippen molar-refractivity contribution in [1.29, 1.82) is 0 Å². The normalized spacial score (nSPS) is 11.0. The molecule has 0 atom stereocenters. The van der Waals surface area contributed by atoms with Gasteiger partial charge in [0.05, 0.1) is 6.54 Å². The van der Waals surface area contributed by atoms with E-state index in [-0.39, 0.29) is 11.9 Å². The minimum atomic E-state index is 0.100. The predicted molar refractivity (Wildman–Crippen MR) is 95.5 cm³/mol. The van der Waals surface area contributed by atoms with Crippen LogP contribution in [0.2, 0.25) is 0 Å². The topological polar surface area (TPSA) is 25.2 Å². The molecule has 0 aliphatic carbocycles. The van der Waals surface area contributed by atoms with Crippen LogP contribution in [0.3, 0.4) is 0 Å². The number of nitrogens with zero attached hydrogens (tertiary/aromatic N) is 2.